The first-order valence-corrected chi connectivity index (χ1v) is 3.96. The first-order chi connectivity index (χ1) is 6.27. The minimum atomic E-state index is -0.942. The largest absolute Gasteiger partial charge is 0.488 e. The third-order valence-corrected chi connectivity index (χ3v) is 1.74. The highest BCUT2D eigenvalue weighted by atomic mass is 19.2. The van der Waals surface area contributed by atoms with Crippen molar-refractivity contribution in [3.63, 3.8) is 0 Å². The molecular weight excluding hydrogens is 178 g/mol. The van der Waals surface area contributed by atoms with Crippen molar-refractivity contribution < 1.29 is 18.3 Å². The predicted molar refractivity (Wildman–Crippen MR) is 41.6 cm³/mol. The van der Waals surface area contributed by atoms with Crippen LogP contribution in [0.25, 0.3) is 0 Å². The van der Waals surface area contributed by atoms with Crippen molar-refractivity contribution in [1.29, 1.82) is 0 Å². The van der Waals surface area contributed by atoms with Gasteiger partial charge in [0.2, 0.25) is 5.82 Å². The van der Waals surface area contributed by atoms with Crippen LogP contribution in [0.4, 0.5) is 8.78 Å². The van der Waals surface area contributed by atoms with E-state index in [4.69, 9.17) is 9.47 Å². The molecule has 0 N–H and O–H groups in total. The first kappa shape index (κ1) is 8.44. The van der Waals surface area contributed by atoms with Gasteiger partial charge < -0.3 is 9.47 Å². The molecule has 0 bridgehead atoms. The minimum absolute atomic E-state index is 0.0441. The topological polar surface area (TPSA) is 21.8 Å². The van der Waals surface area contributed by atoms with Crippen molar-refractivity contribution in [3.8, 4) is 5.75 Å². The number of rotatable bonds is 3. The normalized spacial score (nSPS) is 20.0. The summed E-state index contributed by atoms with van der Waals surface area (Å²) in [4.78, 5) is 0. The predicted octanol–water partition coefficient (Wildman–Crippen LogP) is 1.74. The van der Waals surface area contributed by atoms with E-state index >= 15 is 0 Å². The molecule has 0 aliphatic carbocycles. The van der Waals surface area contributed by atoms with Gasteiger partial charge >= 0.3 is 0 Å². The summed E-state index contributed by atoms with van der Waals surface area (Å²) in [6, 6.07) is 3.85. The summed E-state index contributed by atoms with van der Waals surface area (Å²) in [5.74, 6) is -1.90. The summed E-state index contributed by atoms with van der Waals surface area (Å²) >= 11 is 0. The Morgan fingerprint density at radius 1 is 1.46 bits per heavy atom. The zero-order chi connectivity index (χ0) is 9.26. The van der Waals surface area contributed by atoms with Gasteiger partial charge in [-0.15, -0.1) is 0 Å². The van der Waals surface area contributed by atoms with Gasteiger partial charge in [-0.3, -0.25) is 0 Å². The summed E-state index contributed by atoms with van der Waals surface area (Å²) in [6.07, 6.45) is 0.0441. The maximum Gasteiger partial charge on any atom is 0.200 e. The van der Waals surface area contributed by atoms with Gasteiger partial charge in [0.1, 0.15) is 12.7 Å². The van der Waals surface area contributed by atoms with Crippen LogP contribution in [0, 0.1) is 11.6 Å². The van der Waals surface area contributed by atoms with E-state index in [0.29, 0.717) is 6.61 Å². The van der Waals surface area contributed by atoms with E-state index in [-0.39, 0.29) is 18.5 Å². The van der Waals surface area contributed by atoms with Crippen LogP contribution in [-0.4, -0.2) is 19.3 Å². The van der Waals surface area contributed by atoms with E-state index in [9.17, 15) is 8.78 Å². The maximum absolute atomic E-state index is 12.9. The molecule has 1 heterocycles. The van der Waals surface area contributed by atoms with Crippen LogP contribution in [0.3, 0.4) is 0 Å². The molecular formula is C9H8F2O2. The van der Waals surface area contributed by atoms with Gasteiger partial charge in [0.05, 0.1) is 6.61 Å². The molecule has 1 fully saturated rings. The Hall–Kier alpha value is -1.16. The molecule has 1 atom stereocenters. The lowest BCUT2D eigenvalue weighted by atomic mass is 10.3. The average Bonchev–Trinajstić information content (AvgIpc) is 2.91. The molecule has 0 spiro atoms. The zero-order valence-corrected chi connectivity index (χ0v) is 6.80. The van der Waals surface area contributed by atoms with Gasteiger partial charge in [-0.2, -0.15) is 4.39 Å². The van der Waals surface area contributed by atoms with E-state index in [1.807, 2.05) is 0 Å². The monoisotopic (exact) mass is 186 g/mol. The molecule has 2 nitrogen and oxygen atoms in total. The quantitative estimate of drug-likeness (QED) is 0.670. The molecule has 0 radical (unpaired) electrons. The Morgan fingerprint density at radius 3 is 2.92 bits per heavy atom. The Balaban J connectivity index is 2.05. The Morgan fingerprint density at radius 2 is 2.23 bits per heavy atom. The lowest BCUT2D eigenvalue weighted by Gasteiger charge is -2.04. The number of benzene rings is 1. The molecule has 1 aromatic rings. The minimum Gasteiger partial charge on any atom is -0.488 e. The molecule has 4 heteroatoms. The van der Waals surface area contributed by atoms with Crippen molar-refractivity contribution >= 4 is 0 Å². The Kier molecular flexibility index (Phi) is 2.14. The molecule has 0 aromatic heterocycles. The second kappa shape index (κ2) is 3.30. The molecule has 0 saturated carbocycles. The highest BCUT2D eigenvalue weighted by Crippen LogP contribution is 2.20. The lowest BCUT2D eigenvalue weighted by molar-refractivity contribution is 0.251. The third-order valence-electron chi connectivity index (χ3n) is 1.74. The lowest BCUT2D eigenvalue weighted by Crippen LogP contribution is -2.05. The number of hydrogen-bond donors (Lipinski definition) is 0. The van der Waals surface area contributed by atoms with Crippen molar-refractivity contribution in [2.24, 2.45) is 0 Å². The number of halogens is 2. The molecule has 70 valence electrons. The second-order valence-corrected chi connectivity index (χ2v) is 2.82. The van der Waals surface area contributed by atoms with Crippen LogP contribution in [0.5, 0.6) is 5.75 Å². The number of hydrogen-bond acceptors (Lipinski definition) is 2. The highest BCUT2D eigenvalue weighted by Gasteiger charge is 2.23. The smallest absolute Gasteiger partial charge is 0.200 e. The average molecular weight is 186 g/mol. The molecule has 1 aliphatic rings. The molecule has 1 saturated heterocycles. The fraction of sp³-hybridized carbons (Fsp3) is 0.333. The van der Waals surface area contributed by atoms with Crippen LogP contribution in [0.1, 0.15) is 0 Å². The van der Waals surface area contributed by atoms with E-state index in [2.05, 4.69) is 0 Å². The van der Waals surface area contributed by atoms with E-state index < -0.39 is 11.6 Å². The first-order valence-electron chi connectivity index (χ1n) is 3.96. The van der Waals surface area contributed by atoms with Crippen LogP contribution in [0.15, 0.2) is 18.2 Å². The van der Waals surface area contributed by atoms with Crippen LogP contribution < -0.4 is 4.74 Å². The van der Waals surface area contributed by atoms with Crippen molar-refractivity contribution in [3.05, 3.63) is 29.8 Å². The fourth-order valence-corrected chi connectivity index (χ4v) is 0.942. The van der Waals surface area contributed by atoms with Crippen LogP contribution >= 0.6 is 0 Å². The van der Waals surface area contributed by atoms with Gasteiger partial charge in [0, 0.05) is 0 Å². The van der Waals surface area contributed by atoms with Gasteiger partial charge in [0.25, 0.3) is 0 Å². The van der Waals surface area contributed by atoms with Gasteiger partial charge in [-0.05, 0) is 12.1 Å². The molecule has 0 amide bonds. The summed E-state index contributed by atoms with van der Waals surface area (Å²) in [5, 5.41) is 0. The number of epoxide rings is 1. The van der Waals surface area contributed by atoms with Crippen LogP contribution in [0.2, 0.25) is 0 Å². The summed E-state index contributed by atoms with van der Waals surface area (Å²) in [7, 11) is 0. The summed E-state index contributed by atoms with van der Waals surface area (Å²) in [6.45, 7) is 0.914. The number of ether oxygens (including phenoxy) is 2. The SMILES string of the molecule is Fc1cccc(OCC2CO2)c1F. The molecule has 1 aliphatic heterocycles. The van der Waals surface area contributed by atoms with Gasteiger partial charge in [-0.1, -0.05) is 6.07 Å². The second-order valence-electron chi connectivity index (χ2n) is 2.82. The Labute approximate surface area is 74.1 Å². The van der Waals surface area contributed by atoms with Crippen molar-refractivity contribution in [2.75, 3.05) is 13.2 Å². The van der Waals surface area contributed by atoms with E-state index in [1.54, 1.807) is 0 Å². The molecule has 1 unspecified atom stereocenters. The van der Waals surface area contributed by atoms with Gasteiger partial charge in [0.15, 0.2) is 11.6 Å². The maximum atomic E-state index is 12.9. The van der Waals surface area contributed by atoms with E-state index in [1.165, 1.54) is 12.1 Å². The van der Waals surface area contributed by atoms with Crippen molar-refractivity contribution in [2.45, 2.75) is 6.10 Å². The van der Waals surface area contributed by atoms with E-state index in [0.717, 1.165) is 6.07 Å². The molecule has 2 rings (SSSR count). The Bertz CT molecular complexity index is 310. The standard InChI is InChI=1S/C9H8F2O2/c10-7-2-1-3-8(9(7)11)13-5-6-4-12-6/h1-3,6H,4-5H2. The van der Waals surface area contributed by atoms with Crippen LogP contribution in [-0.2, 0) is 4.74 Å². The third kappa shape index (κ3) is 1.95. The van der Waals surface area contributed by atoms with Gasteiger partial charge in [-0.25, -0.2) is 4.39 Å². The summed E-state index contributed by atoms with van der Waals surface area (Å²) < 4.78 is 35.4. The summed E-state index contributed by atoms with van der Waals surface area (Å²) in [5.41, 5.74) is 0. The van der Waals surface area contributed by atoms with Crippen molar-refractivity contribution in [1.82, 2.24) is 0 Å². The molecule has 1 aromatic carbocycles. The zero-order valence-electron chi connectivity index (χ0n) is 6.80. The molecule has 13 heavy (non-hydrogen) atoms. The fourth-order valence-electron chi connectivity index (χ4n) is 0.942. The highest BCUT2D eigenvalue weighted by molar-refractivity contribution is 5.25.